The third-order valence-electron chi connectivity index (χ3n) is 5.65. The summed E-state index contributed by atoms with van der Waals surface area (Å²) in [6, 6.07) is 11.6. The molecule has 2 aromatic rings. The Balaban J connectivity index is 2.47. The van der Waals surface area contributed by atoms with E-state index in [4.69, 9.17) is 23.6 Å². The number of rotatable bonds is 18. The molecule has 2 N–H and O–H groups in total. The molecule has 0 aliphatic heterocycles. The fourth-order valence-electron chi connectivity index (χ4n) is 3.46. The van der Waals surface area contributed by atoms with E-state index >= 15 is 0 Å². The Labute approximate surface area is 232 Å². The van der Waals surface area contributed by atoms with Crippen LogP contribution in [0.4, 0.5) is 0 Å². The molecule has 0 amide bonds. The summed E-state index contributed by atoms with van der Waals surface area (Å²) in [5, 5.41) is 18.8. The molecule has 0 aliphatic carbocycles. The molecule has 218 valence electrons. The van der Waals surface area contributed by atoms with E-state index in [0.29, 0.717) is 12.8 Å². The first-order chi connectivity index (χ1) is 19.1. The number of carboxylic acid groups (broad SMARTS) is 2. The lowest BCUT2D eigenvalue weighted by Gasteiger charge is -2.24. The molecule has 2 rings (SSSR count). The summed E-state index contributed by atoms with van der Waals surface area (Å²) >= 11 is 0. The van der Waals surface area contributed by atoms with Crippen molar-refractivity contribution in [3.8, 4) is 11.5 Å². The first-order valence-corrected chi connectivity index (χ1v) is 14.8. The Morgan fingerprint density at radius 2 is 1.23 bits per heavy atom. The van der Waals surface area contributed by atoms with Crippen molar-refractivity contribution in [1.82, 2.24) is 0 Å². The molecule has 12 heteroatoms. The summed E-state index contributed by atoms with van der Waals surface area (Å²) in [5.74, 6) is -5.92. The SMILES string of the molecule is CCCCOC(=O)c1ccccc1OP(=O)(CC(CCC(=O)O)C(=O)O)Oc1ccccc1C(=O)OCCCC. The van der Waals surface area contributed by atoms with E-state index in [1.165, 1.54) is 36.4 Å². The van der Waals surface area contributed by atoms with Crippen LogP contribution < -0.4 is 9.05 Å². The molecular formula is C28H35O11P. The second kappa shape index (κ2) is 16.3. The largest absolute Gasteiger partial charge is 0.481 e. The standard InChI is InChI=1S/C28H35O11P/c1-3-5-17-36-27(33)21-11-7-9-13-23(21)38-40(35,19-20(26(31)32)15-16-25(29)30)39-24-14-10-8-12-22(24)28(34)37-18-6-4-2/h7-14,20H,3-6,15-19H2,1-2H3,(H,29,30)(H,31,32). The normalized spacial score (nSPS) is 11.8. The lowest BCUT2D eigenvalue weighted by atomic mass is 10.1. The number of carboxylic acids is 2. The van der Waals surface area contributed by atoms with Gasteiger partial charge in [-0.2, -0.15) is 0 Å². The van der Waals surface area contributed by atoms with E-state index in [1.54, 1.807) is 12.1 Å². The van der Waals surface area contributed by atoms with Gasteiger partial charge in [-0.3, -0.25) is 9.59 Å². The molecule has 0 radical (unpaired) electrons. The predicted molar refractivity (Wildman–Crippen MR) is 145 cm³/mol. The van der Waals surface area contributed by atoms with E-state index < -0.39 is 50.0 Å². The maximum absolute atomic E-state index is 14.2. The first-order valence-electron chi connectivity index (χ1n) is 13.0. The van der Waals surface area contributed by atoms with Gasteiger partial charge >= 0.3 is 31.5 Å². The van der Waals surface area contributed by atoms with Gasteiger partial charge in [0.25, 0.3) is 0 Å². The third-order valence-corrected chi connectivity index (χ3v) is 7.49. The molecular weight excluding hydrogens is 543 g/mol. The number of para-hydroxylation sites is 2. The van der Waals surface area contributed by atoms with Crippen molar-refractivity contribution in [3.63, 3.8) is 0 Å². The average molecular weight is 579 g/mol. The maximum atomic E-state index is 14.2. The Bertz CT molecular complexity index is 1140. The highest BCUT2D eigenvalue weighted by Crippen LogP contribution is 2.52. The maximum Gasteiger partial charge on any atom is 0.431 e. The highest BCUT2D eigenvalue weighted by atomic mass is 31.2. The number of benzene rings is 2. The number of esters is 2. The molecule has 1 atom stereocenters. The van der Waals surface area contributed by atoms with Crippen molar-refractivity contribution in [3.05, 3.63) is 59.7 Å². The van der Waals surface area contributed by atoms with Crippen LogP contribution in [-0.2, 0) is 23.6 Å². The van der Waals surface area contributed by atoms with Crippen LogP contribution >= 0.6 is 7.60 Å². The zero-order chi connectivity index (χ0) is 29.5. The fourth-order valence-corrected chi connectivity index (χ4v) is 5.44. The molecule has 0 bridgehead atoms. The van der Waals surface area contributed by atoms with Gasteiger partial charge in [0.15, 0.2) is 0 Å². The van der Waals surface area contributed by atoms with Gasteiger partial charge in [0.2, 0.25) is 0 Å². The quantitative estimate of drug-likeness (QED) is 0.124. The smallest absolute Gasteiger partial charge is 0.431 e. The minimum atomic E-state index is -4.52. The van der Waals surface area contributed by atoms with Crippen molar-refractivity contribution in [2.75, 3.05) is 19.4 Å². The Hall–Kier alpha value is -3.85. The second-order valence-electron chi connectivity index (χ2n) is 8.91. The lowest BCUT2D eigenvalue weighted by Crippen LogP contribution is -2.23. The van der Waals surface area contributed by atoms with Crippen LogP contribution in [0.3, 0.4) is 0 Å². The summed E-state index contributed by atoms with van der Waals surface area (Å²) in [7, 11) is -4.52. The minimum Gasteiger partial charge on any atom is -0.481 e. The number of hydrogen-bond acceptors (Lipinski definition) is 9. The number of hydrogen-bond donors (Lipinski definition) is 2. The molecule has 2 aromatic carbocycles. The highest BCUT2D eigenvalue weighted by molar-refractivity contribution is 7.54. The molecule has 0 saturated heterocycles. The van der Waals surface area contributed by atoms with Crippen LogP contribution in [0.5, 0.6) is 11.5 Å². The third kappa shape index (κ3) is 10.4. The molecule has 0 aromatic heterocycles. The van der Waals surface area contributed by atoms with E-state index in [2.05, 4.69) is 0 Å². The minimum absolute atomic E-state index is 0.0629. The van der Waals surface area contributed by atoms with Gasteiger partial charge in [-0.25, -0.2) is 14.2 Å². The Morgan fingerprint density at radius 1 is 0.775 bits per heavy atom. The summed E-state index contributed by atoms with van der Waals surface area (Å²) in [6.45, 7) is 4.17. The first kappa shape index (κ1) is 32.4. The molecule has 0 aliphatic rings. The van der Waals surface area contributed by atoms with Gasteiger partial charge in [0.05, 0.1) is 25.3 Å². The van der Waals surface area contributed by atoms with Gasteiger partial charge in [0, 0.05) is 6.42 Å². The zero-order valence-electron chi connectivity index (χ0n) is 22.6. The van der Waals surface area contributed by atoms with Gasteiger partial charge in [-0.15, -0.1) is 0 Å². The van der Waals surface area contributed by atoms with Crippen molar-refractivity contribution in [2.24, 2.45) is 5.92 Å². The van der Waals surface area contributed by atoms with Crippen LogP contribution in [0.25, 0.3) is 0 Å². The number of unbranched alkanes of at least 4 members (excludes halogenated alkanes) is 2. The van der Waals surface area contributed by atoms with Crippen molar-refractivity contribution in [2.45, 2.75) is 52.4 Å². The zero-order valence-corrected chi connectivity index (χ0v) is 23.5. The van der Waals surface area contributed by atoms with Crippen molar-refractivity contribution < 1.29 is 52.5 Å². The average Bonchev–Trinajstić information content (AvgIpc) is 2.91. The molecule has 1 unspecified atom stereocenters. The number of carbonyl (C=O) groups excluding carboxylic acids is 2. The van der Waals surface area contributed by atoms with Gasteiger partial charge in [0.1, 0.15) is 22.6 Å². The molecule has 0 heterocycles. The Morgan fingerprint density at radius 3 is 1.62 bits per heavy atom. The van der Waals surface area contributed by atoms with Crippen LogP contribution in [0.15, 0.2) is 48.5 Å². The van der Waals surface area contributed by atoms with Crippen LogP contribution in [-0.4, -0.2) is 53.5 Å². The summed E-state index contributed by atoms with van der Waals surface area (Å²) in [5.41, 5.74) is -0.126. The van der Waals surface area contributed by atoms with Gasteiger partial charge < -0.3 is 28.7 Å². The molecule has 0 spiro atoms. The van der Waals surface area contributed by atoms with E-state index in [0.717, 1.165) is 12.8 Å². The van der Waals surface area contributed by atoms with Crippen molar-refractivity contribution in [1.29, 1.82) is 0 Å². The van der Waals surface area contributed by atoms with Crippen LogP contribution in [0.1, 0.15) is 73.1 Å². The number of carbonyl (C=O) groups is 4. The van der Waals surface area contributed by atoms with E-state index in [-0.39, 0.29) is 42.3 Å². The van der Waals surface area contributed by atoms with Gasteiger partial charge in [-0.05, 0) is 43.5 Å². The molecule has 11 nitrogen and oxygen atoms in total. The van der Waals surface area contributed by atoms with Crippen LogP contribution in [0, 0.1) is 5.92 Å². The van der Waals surface area contributed by atoms with E-state index in [1.807, 2.05) is 13.8 Å². The van der Waals surface area contributed by atoms with E-state index in [9.17, 15) is 28.8 Å². The number of aliphatic carboxylic acids is 2. The predicted octanol–water partition coefficient (Wildman–Crippen LogP) is 5.82. The van der Waals surface area contributed by atoms with Gasteiger partial charge in [-0.1, -0.05) is 51.0 Å². The summed E-state index contributed by atoms with van der Waals surface area (Å²) < 4.78 is 36.2. The lowest BCUT2D eigenvalue weighted by molar-refractivity contribution is -0.142. The van der Waals surface area contributed by atoms with Crippen molar-refractivity contribution >= 4 is 31.5 Å². The molecule has 0 fully saturated rings. The second-order valence-corrected chi connectivity index (χ2v) is 10.9. The summed E-state index contributed by atoms with van der Waals surface area (Å²) in [6.07, 6.45) is 1.24. The topological polar surface area (TPSA) is 163 Å². The fraction of sp³-hybridized carbons (Fsp3) is 0.429. The highest BCUT2D eigenvalue weighted by Gasteiger charge is 2.38. The molecule has 0 saturated carbocycles. The monoisotopic (exact) mass is 578 g/mol. The number of ether oxygens (including phenoxy) is 2. The van der Waals surface area contributed by atoms with Crippen LogP contribution in [0.2, 0.25) is 0 Å². The Kier molecular flexibility index (Phi) is 13.2. The summed E-state index contributed by atoms with van der Waals surface area (Å²) in [4.78, 5) is 48.5. The molecule has 40 heavy (non-hydrogen) atoms.